The number of para-hydroxylation sites is 1. The van der Waals surface area contributed by atoms with Crippen LogP contribution in [-0.4, -0.2) is 28.1 Å². The minimum atomic E-state index is -3.44. The average molecular weight is 268 g/mol. The summed E-state index contributed by atoms with van der Waals surface area (Å²) in [7, 11) is 0. The Morgan fingerprint density at radius 3 is 2.68 bits per heavy atom. The molecule has 0 spiro atoms. The van der Waals surface area contributed by atoms with Crippen molar-refractivity contribution in [3.8, 4) is 0 Å². The van der Waals surface area contributed by atoms with Crippen molar-refractivity contribution in [3.63, 3.8) is 0 Å². The monoisotopic (exact) mass is 268 g/mol. The second-order valence-electron chi connectivity index (χ2n) is 4.39. The van der Waals surface area contributed by atoms with E-state index >= 15 is 0 Å². The Labute approximate surface area is 108 Å². The number of rotatable bonds is 3. The summed E-state index contributed by atoms with van der Waals surface area (Å²) in [6.07, 6.45) is 1.31. The average Bonchev–Trinajstić information content (AvgIpc) is 2.77. The van der Waals surface area contributed by atoms with Gasteiger partial charge in [0.25, 0.3) is 5.92 Å². The Morgan fingerprint density at radius 1 is 1.47 bits per heavy atom. The maximum atomic E-state index is 13.5. The third kappa shape index (κ3) is 2.24. The van der Waals surface area contributed by atoms with Gasteiger partial charge in [-0.15, -0.1) is 0 Å². The summed E-state index contributed by atoms with van der Waals surface area (Å²) >= 11 is 0. The van der Waals surface area contributed by atoms with E-state index in [1.54, 1.807) is 24.3 Å². The van der Waals surface area contributed by atoms with Crippen molar-refractivity contribution in [2.24, 2.45) is 5.73 Å². The number of benzene rings is 1. The zero-order valence-corrected chi connectivity index (χ0v) is 10.3. The number of carbonyl (C=O) groups excluding carboxylic acids is 1. The second kappa shape index (κ2) is 4.71. The summed E-state index contributed by atoms with van der Waals surface area (Å²) in [5, 5.41) is 9.19. The Morgan fingerprint density at radius 2 is 2.11 bits per heavy atom. The van der Waals surface area contributed by atoms with E-state index in [2.05, 4.69) is 0 Å². The van der Waals surface area contributed by atoms with Gasteiger partial charge in [-0.2, -0.15) is 0 Å². The first kappa shape index (κ1) is 13.6. The lowest BCUT2D eigenvalue weighted by Gasteiger charge is -2.20. The highest BCUT2D eigenvalue weighted by Crippen LogP contribution is 2.34. The normalized spacial score (nSPS) is 13.7. The van der Waals surface area contributed by atoms with Gasteiger partial charge in [-0.05, 0) is 6.07 Å². The van der Waals surface area contributed by atoms with Crippen LogP contribution >= 0.6 is 0 Å². The molecule has 0 saturated carbocycles. The van der Waals surface area contributed by atoms with Gasteiger partial charge in [0.2, 0.25) is 5.91 Å². The minimum Gasteiger partial charge on any atom is -0.390 e. The smallest absolute Gasteiger partial charge is 0.289 e. The van der Waals surface area contributed by atoms with E-state index in [1.807, 2.05) is 0 Å². The van der Waals surface area contributed by atoms with Crippen LogP contribution in [0.2, 0.25) is 0 Å². The van der Waals surface area contributed by atoms with Gasteiger partial charge >= 0.3 is 0 Å². The molecule has 0 bridgehead atoms. The highest BCUT2D eigenvalue weighted by Gasteiger charge is 2.39. The Kier molecular flexibility index (Phi) is 3.38. The minimum absolute atomic E-state index is 0.143. The fourth-order valence-corrected chi connectivity index (χ4v) is 2.04. The first-order valence-electron chi connectivity index (χ1n) is 5.73. The van der Waals surface area contributed by atoms with E-state index in [9.17, 15) is 13.6 Å². The molecule has 1 aromatic carbocycles. The highest BCUT2D eigenvalue weighted by atomic mass is 19.3. The van der Waals surface area contributed by atoms with Gasteiger partial charge < -0.3 is 10.8 Å². The largest absolute Gasteiger partial charge is 0.390 e. The van der Waals surface area contributed by atoms with Crippen LogP contribution in [-0.2, 0) is 0 Å². The number of aromatic nitrogens is 1. The molecule has 0 fully saturated rings. The first-order chi connectivity index (χ1) is 8.88. The summed E-state index contributed by atoms with van der Waals surface area (Å²) in [4.78, 5) is 11.5. The predicted molar refractivity (Wildman–Crippen MR) is 67.2 cm³/mol. The van der Waals surface area contributed by atoms with Gasteiger partial charge in [0, 0.05) is 24.1 Å². The fourth-order valence-electron chi connectivity index (χ4n) is 2.04. The predicted octanol–water partition coefficient (Wildman–Crippen LogP) is 1.93. The number of aliphatic hydroxyl groups is 1. The van der Waals surface area contributed by atoms with Crippen molar-refractivity contribution in [1.82, 2.24) is 4.57 Å². The topological polar surface area (TPSA) is 68.2 Å². The van der Waals surface area contributed by atoms with E-state index in [-0.39, 0.29) is 11.5 Å². The van der Waals surface area contributed by atoms with Crippen molar-refractivity contribution in [2.45, 2.75) is 18.9 Å². The number of carbonyl (C=O) groups is 1. The molecule has 2 rings (SSSR count). The summed E-state index contributed by atoms with van der Waals surface area (Å²) in [6.45, 7) is -0.000323. The molecule has 1 heterocycles. The molecule has 0 unspecified atom stereocenters. The maximum absolute atomic E-state index is 13.5. The van der Waals surface area contributed by atoms with Crippen LogP contribution in [0, 0.1) is 0 Å². The molecule has 2 aromatic rings. The molecule has 0 saturated heterocycles. The Bertz CT molecular complexity index is 622. The van der Waals surface area contributed by atoms with Crippen molar-refractivity contribution in [2.75, 3.05) is 6.61 Å². The number of hydrogen-bond acceptors (Lipinski definition) is 3. The molecule has 0 aliphatic heterocycles. The Hall–Kier alpha value is -1.79. The molecule has 1 atom stereocenters. The van der Waals surface area contributed by atoms with Crippen molar-refractivity contribution >= 4 is 16.8 Å². The molecule has 4 nitrogen and oxygen atoms in total. The molecule has 0 aliphatic carbocycles. The lowest BCUT2D eigenvalue weighted by atomic mass is 10.0. The van der Waals surface area contributed by atoms with Crippen molar-refractivity contribution < 1.29 is 18.7 Å². The van der Waals surface area contributed by atoms with Crippen molar-refractivity contribution in [1.29, 1.82) is 0 Å². The van der Waals surface area contributed by atoms with Gasteiger partial charge in [-0.25, -0.2) is 8.78 Å². The number of hydrogen-bond donors (Lipinski definition) is 2. The zero-order valence-electron chi connectivity index (χ0n) is 10.3. The van der Waals surface area contributed by atoms with E-state index < -0.39 is 18.6 Å². The first-order valence-corrected chi connectivity index (χ1v) is 5.73. The number of fused-ring (bicyclic) bond motifs is 1. The molecule has 3 N–H and O–H groups in total. The molecule has 19 heavy (non-hydrogen) atoms. The maximum Gasteiger partial charge on any atom is 0.289 e. The van der Waals surface area contributed by atoms with E-state index in [0.29, 0.717) is 10.9 Å². The van der Waals surface area contributed by atoms with E-state index in [4.69, 9.17) is 10.8 Å². The molecule has 6 heteroatoms. The standard InChI is InChI=1S/C13H14F2N2O2/c1-8(19)17-6-10(12(16)13(14,15)7-18)9-4-2-3-5-11(9)17/h2-6,12,18H,7,16H2,1H3/t12-/m1/s1. The van der Waals surface area contributed by atoms with Crippen LogP contribution in [0.1, 0.15) is 23.3 Å². The lowest BCUT2D eigenvalue weighted by molar-refractivity contribution is -0.0708. The van der Waals surface area contributed by atoms with Gasteiger partial charge in [-0.1, -0.05) is 18.2 Å². The van der Waals surface area contributed by atoms with Crippen LogP contribution < -0.4 is 5.73 Å². The third-order valence-electron chi connectivity index (χ3n) is 3.08. The van der Waals surface area contributed by atoms with Crippen LogP contribution in [0.15, 0.2) is 30.5 Å². The molecular formula is C13H14F2N2O2. The van der Waals surface area contributed by atoms with Crippen molar-refractivity contribution in [3.05, 3.63) is 36.0 Å². The fraction of sp³-hybridized carbons (Fsp3) is 0.308. The van der Waals surface area contributed by atoms with Crippen LogP contribution in [0.5, 0.6) is 0 Å². The van der Waals surface area contributed by atoms with Gasteiger partial charge in [0.1, 0.15) is 6.61 Å². The SMILES string of the molecule is CC(=O)n1cc([C@@H](N)C(F)(F)CO)c2ccccc21. The van der Waals surface area contributed by atoms with Gasteiger partial charge in [0.05, 0.1) is 11.6 Å². The highest BCUT2D eigenvalue weighted by molar-refractivity contribution is 5.93. The summed E-state index contributed by atoms with van der Waals surface area (Å²) in [5.41, 5.74) is 6.19. The molecule has 0 radical (unpaired) electrons. The number of halogens is 2. The van der Waals surface area contributed by atoms with Gasteiger partial charge in [-0.3, -0.25) is 9.36 Å². The second-order valence-corrected chi connectivity index (χ2v) is 4.39. The summed E-state index contributed by atoms with van der Waals surface area (Å²) in [5.74, 6) is -3.73. The van der Waals surface area contributed by atoms with Crippen LogP contribution in [0.4, 0.5) is 8.78 Å². The Balaban J connectivity index is 2.65. The molecule has 1 aromatic heterocycles. The zero-order chi connectivity index (χ0) is 14.2. The molecular weight excluding hydrogens is 254 g/mol. The number of nitrogens with zero attached hydrogens (tertiary/aromatic N) is 1. The summed E-state index contributed by atoms with van der Waals surface area (Å²) < 4.78 is 28.3. The molecule has 0 aliphatic rings. The molecule has 0 amide bonds. The van der Waals surface area contributed by atoms with Gasteiger partial charge in [0.15, 0.2) is 0 Å². The van der Waals surface area contributed by atoms with Crippen LogP contribution in [0.3, 0.4) is 0 Å². The lowest BCUT2D eigenvalue weighted by Crippen LogP contribution is -2.36. The third-order valence-corrected chi connectivity index (χ3v) is 3.08. The molecule has 102 valence electrons. The quantitative estimate of drug-likeness (QED) is 0.893. The number of nitrogens with two attached hydrogens (primary N) is 1. The van der Waals surface area contributed by atoms with Crippen LogP contribution in [0.25, 0.3) is 10.9 Å². The number of aliphatic hydroxyl groups excluding tert-OH is 1. The van der Waals surface area contributed by atoms with E-state index in [0.717, 1.165) is 0 Å². The summed E-state index contributed by atoms with van der Waals surface area (Å²) in [6, 6.07) is 5.01. The van der Waals surface area contributed by atoms with E-state index in [1.165, 1.54) is 17.7 Å². The number of alkyl halides is 2.